The third-order valence-corrected chi connectivity index (χ3v) is 11.9. The van der Waals surface area contributed by atoms with Crippen LogP contribution >= 0.6 is 70.6 Å². The molecular formula is C15H24CeO6S6. The van der Waals surface area contributed by atoms with Crippen LogP contribution in [0.1, 0.15) is 0 Å². The molecule has 3 aliphatic heterocycles. The van der Waals surface area contributed by atoms with Gasteiger partial charge in [0.05, 0.1) is 17.3 Å². The molecule has 0 aromatic heterocycles. The first-order valence-electron chi connectivity index (χ1n) is 8.10. The second-order valence-corrected chi connectivity index (χ2v) is 12.7. The molecule has 0 bridgehead atoms. The van der Waals surface area contributed by atoms with E-state index in [1.807, 2.05) is 35.3 Å². The van der Waals surface area contributed by atoms with Crippen molar-refractivity contribution < 1.29 is 71.5 Å². The molecule has 0 spiro atoms. The van der Waals surface area contributed by atoms with Crippen molar-refractivity contribution in [3.63, 3.8) is 0 Å². The zero-order chi connectivity index (χ0) is 20.1. The summed E-state index contributed by atoms with van der Waals surface area (Å²) in [6.07, 6.45) is 0. The van der Waals surface area contributed by atoms with Gasteiger partial charge in [-0.05, 0) is 0 Å². The molecule has 0 atom stereocenters. The van der Waals surface area contributed by atoms with Gasteiger partial charge in [-0.2, -0.15) is 35.3 Å². The minimum atomic E-state index is -0.697. The molecule has 13 heteroatoms. The van der Waals surface area contributed by atoms with E-state index in [1.165, 1.54) is 0 Å². The molecule has 28 heavy (non-hydrogen) atoms. The molecule has 0 aromatic carbocycles. The summed E-state index contributed by atoms with van der Waals surface area (Å²) in [5.74, 6) is 5.54. The van der Waals surface area contributed by atoms with Crippen LogP contribution in [0.2, 0.25) is 0 Å². The smallest absolute Gasteiger partial charge is 0.313 e. The topological polar surface area (TPSA) is 112 Å². The van der Waals surface area contributed by atoms with Gasteiger partial charge in [-0.15, -0.1) is 35.3 Å². The van der Waals surface area contributed by atoms with Crippen molar-refractivity contribution in [3.05, 3.63) is 0 Å². The fourth-order valence-electron chi connectivity index (χ4n) is 1.50. The Morgan fingerprint density at radius 2 is 0.821 bits per heavy atom. The molecule has 0 aromatic rings. The average Bonchev–Trinajstić information content (AvgIpc) is 2.42. The van der Waals surface area contributed by atoms with E-state index in [0.717, 1.165) is 34.5 Å². The fourth-order valence-corrected chi connectivity index (χ4v) is 7.96. The second-order valence-electron chi connectivity index (χ2n) is 5.59. The van der Waals surface area contributed by atoms with Crippen LogP contribution < -0.4 is 0 Å². The summed E-state index contributed by atoms with van der Waals surface area (Å²) in [7, 11) is 0. The van der Waals surface area contributed by atoms with Crippen LogP contribution in [-0.4, -0.2) is 101 Å². The monoisotopic (exact) mass is 632 g/mol. The molecule has 3 heterocycles. The second kappa shape index (κ2) is 18.5. The van der Waals surface area contributed by atoms with E-state index in [2.05, 4.69) is 0 Å². The van der Waals surface area contributed by atoms with Crippen molar-refractivity contribution >= 4 is 88.5 Å². The van der Waals surface area contributed by atoms with Crippen molar-refractivity contribution in [3.8, 4) is 0 Å². The van der Waals surface area contributed by atoms with Gasteiger partial charge in [0.1, 0.15) is 0 Å². The van der Waals surface area contributed by atoms with Crippen molar-refractivity contribution in [1.82, 2.24) is 0 Å². The third-order valence-electron chi connectivity index (χ3n) is 3.15. The molecule has 3 saturated heterocycles. The van der Waals surface area contributed by atoms with E-state index >= 15 is 0 Å². The number of hydrogen-bond donors (Lipinski definition) is 3. The molecule has 0 amide bonds. The van der Waals surface area contributed by atoms with Gasteiger partial charge in [-0.1, -0.05) is 0 Å². The molecule has 3 fully saturated rings. The fraction of sp³-hybridized carbons (Fsp3) is 0.800. The van der Waals surface area contributed by atoms with Gasteiger partial charge >= 0.3 is 17.9 Å². The largest absolute Gasteiger partial charge is 0.481 e. The number of aliphatic carboxylic acids is 3. The van der Waals surface area contributed by atoms with Gasteiger partial charge in [0, 0.05) is 92.0 Å². The first-order chi connectivity index (χ1) is 12.9. The summed E-state index contributed by atoms with van der Waals surface area (Å²) in [6, 6.07) is 0. The minimum Gasteiger partial charge on any atom is -0.481 e. The zero-order valence-electron chi connectivity index (χ0n) is 15.1. The van der Waals surface area contributed by atoms with Gasteiger partial charge in [0.2, 0.25) is 0 Å². The van der Waals surface area contributed by atoms with Crippen LogP contribution in [-0.2, 0) is 14.4 Å². The van der Waals surface area contributed by atoms with E-state index in [0.29, 0.717) is 15.7 Å². The van der Waals surface area contributed by atoms with Crippen molar-refractivity contribution in [2.45, 2.75) is 15.7 Å². The maximum absolute atomic E-state index is 10.0. The first-order valence-corrected chi connectivity index (χ1v) is 14.7. The van der Waals surface area contributed by atoms with Crippen molar-refractivity contribution in [2.75, 3.05) is 51.8 Å². The number of carboxylic acids is 3. The van der Waals surface area contributed by atoms with Crippen LogP contribution in [0.3, 0.4) is 0 Å². The Hall–Kier alpha value is 1.89. The number of rotatable bonds is 9. The van der Waals surface area contributed by atoms with E-state index in [9.17, 15) is 14.4 Å². The van der Waals surface area contributed by atoms with Gasteiger partial charge in [-0.25, -0.2) is 0 Å². The molecule has 6 nitrogen and oxygen atoms in total. The summed E-state index contributed by atoms with van der Waals surface area (Å²) < 4.78 is 0. The Morgan fingerprint density at radius 3 is 0.929 bits per heavy atom. The Balaban J connectivity index is 0.000000384. The average molecular weight is 633 g/mol. The Morgan fingerprint density at radius 1 is 0.607 bits per heavy atom. The summed E-state index contributed by atoms with van der Waals surface area (Å²) >= 11 is 10.3. The van der Waals surface area contributed by atoms with Crippen molar-refractivity contribution in [2.24, 2.45) is 0 Å². The Bertz CT molecular complexity index is 407. The maximum Gasteiger partial charge on any atom is 0.313 e. The number of hydrogen-bond acceptors (Lipinski definition) is 9. The number of thioether (sulfide) groups is 6. The standard InChI is InChI=1S/3C5H8O2S2.Ce/c3*6-5(7)3-9-4-1-8-2-4;/h3*4H,1-3H2,(H,6,7);. The third kappa shape index (κ3) is 16.6. The molecule has 3 rings (SSSR count). The normalized spacial score (nSPS) is 18.4. The molecule has 0 unspecified atom stereocenters. The molecule has 160 valence electrons. The van der Waals surface area contributed by atoms with Crippen LogP contribution in [0.5, 0.6) is 0 Å². The Kier molecular flexibility index (Phi) is 19.7. The van der Waals surface area contributed by atoms with E-state index in [-0.39, 0.29) is 59.0 Å². The van der Waals surface area contributed by atoms with Crippen LogP contribution in [0.25, 0.3) is 0 Å². The Labute approximate surface area is 224 Å². The molecule has 3 N–H and O–H groups in total. The maximum atomic E-state index is 10.0. The molecule has 0 aliphatic carbocycles. The van der Waals surface area contributed by atoms with Gasteiger partial charge < -0.3 is 15.3 Å². The predicted molar refractivity (Wildman–Crippen MR) is 124 cm³/mol. The summed E-state index contributed by atoms with van der Waals surface area (Å²) in [6.45, 7) is 0. The molecule has 3 aliphatic rings. The van der Waals surface area contributed by atoms with Crippen LogP contribution in [0, 0.1) is 41.7 Å². The van der Waals surface area contributed by atoms with E-state index in [1.54, 1.807) is 35.3 Å². The summed E-state index contributed by atoms with van der Waals surface area (Å²) in [5.41, 5.74) is 0. The molecule has 0 saturated carbocycles. The summed E-state index contributed by atoms with van der Waals surface area (Å²) in [4.78, 5) is 30.0. The minimum absolute atomic E-state index is 0. The van der Waals surface area contributed by atoms with Crippen molar-refractivity contribution in [1.29, 1.82) is 0 Å². The number of carbonyl (C=O) groups is 3. The van der Waals surface area contributed by atoms with Crippen LogP contribution in [0.4, 0.5) is 0 Å². The SMILES string of the molecule is O=C(O)CSC1CSC1.O=C(O)CSC1CSC1.O=C(O)CSC1CSC1.[Ce]. The number of carboxylic acid groups (broad SMARTS) is 3. The van der Waals surface area contributed by atoms with Gasteiger partial charge in [0.15, 0.2) is 0 Å². The quantitative estimate of drug-likeness (QED) is 0.348. The molecular weight excluding hydrogens is 609 g/mol. The first kappa shape index (κ1) is 29.9. The zero-order valence-corrected chi connectivity index (χ0v) is 23.2. The van der Waals surface area contributed by atoms with E-state index < -0.39 is 17.9 Å². The predicted octanol–water partition coefficient (Wildman–Crippen LogP) is 2.76. The van der Waals surface area contributed by atoms with E-state index in [4.69, 9.17) is 15.3 Å². The van der Waals surface area contributed by atoms with Crippen LogP contribution in [0.15, 0.2) is 0 Å². The van der Waals surface area contributed by atoms with Gasteiger partial charge in [0.25, 0.3) is 0 Å². The molecule has 0 radical (unpaired) electrons. The van der Waals surface area contributed by atoms with Gasteiger partial charge in [-0.3, -0.25) is 14.4 Å². The summed E-state index contributed by atoms with van der Waals surface area (Å²) in [5, 5.41) is 26.6.